The van der Waals surface area contributed by atoms with Crippen LogP contribution in [0.4, 0.5) is 0 Å². The van der Waals surface area contributed by atoms with E-state index in [2.05, 4.69) is 10.6 Å². The van der Waals surface area contributed by atoms with Crippen molar-refractivity contribution < 1.29 is 38.8 Å². The maximum absolute atomic E-state index is 14.8. The van der Waals surface area contributed by atoms with E-state index in [4.69, 9.17) is 14.2 Å². The van der Waals surface area contributed by atoms with Crippen molar-refractivity contribution in [2.24, 2.45) is 16.7 Å². The molecule has 262 valence electrons. The lowest BCUT2D eigenvalue weighted by atomic mass is 9.61. The number of carbonyl (C=O) groups is 3. The first-order chi connectivity index (χ1) is 22.5. The van der Waals surface area contributed by atoms with Gasteiger partial charge in [-0.05, 0) is 114 Å². The summed E-state index contributed by atoms with van der Waals surface area (Å²) in [7, 11) is 1.52. The molecule has 10 heteroatoms. The van der Waals surface area contributed by atoms with Gasteiger partial charge in [-0.3, -0.25) is 9.59 Å². The fraction of sp³-hybridized carbons (Fsp3) is 0.757. The first-order valence-corrected chi connectivity index (χ1v) is 18.0. The fourth-order valence-electron chi connectivity index (χ4n) is 9.16. The molecule has 1 aromatic rings. The number of aromatic hydroxyl groups is 1. The van der Waals surface area contributed by atoms with Gasteiger partial charge in [0, 0.05) is 24.2 Å². The lowest BCUT2D eigenvalue weighted by Gasteiger charge is -2.52. The number of nitrogens with one attached hydrogen (secondary N) is 2. The minimum Gasteiger partial charge on any atom is -0.504 e. The second-order valence-electron chi connectivity index (χ2n) is 15.0. The molecule has 2 saturated heterocycles. The van der Waals surface area contributed by atoms with Crippen molar-refractivity contribution in [3.8, 4) is 11.5 Å². The number of esters is 2. The number of piperidine rings is 2. The Kier molecular flexibility index (Phi) is 11.4. The van der Waals surface area contributed by atoms with Crippen LogP contribution in [0.5, 0.6) is 11.5 Å². The van der Waals surface area contributed by atoms with Crippen molar-refractivity contribution in [1.29, 1.82) is 0 Å². The molecule has 4 fully saturated rings. The van der Waals surface area contributed by atoms with Crippen molar-refractivity contribution in [1.82, 2.24) is 10.6 Å². The number of aliphatic hydroxyl groups excluding tert-OH is 1. The number of hydrogen-bond acceptors (Lipinski definition) is 9. The summed E-state index contributed by atoms with van der Waals surface area (Å²) in [6.07, 6.45) is 10.4. The van der Waals surface area contributed by atoms with Gasteiger partial charge in [0.15, 0.2) is 11.5 Å². The summed E-state index contributed by atoms with van der Waals surface area (Å²) in [5, 5.41) is 27.0. The first-order valence-electron chi connectivity index (χ1n) is 18.0. The monoisotopic (exact) mass is 656 g/mol. The van der Waals surface area contributed by atoms with E-state index >= 15 is 0 Å². The molecule has 2 heterocycles. The summed E-state index contributed by atoms with van der Waals surface area (Å²) in [4.78, 5) is 40.9. The maximum atomic E-state index is 14.8. The Hall–Kier alpha value is -2.85. The number of phenolic OH excluding ortho intramolecular Hbond substituents is 1. The van der Waals surface area contributed by atoms with Gasteiger partial charge in [0.2, 0.25) is 5.91 Å². The standard InChI is InChI=1S/C37H56N2O8/c1-25(40)9-8-11-29(46-26(2)41)22-32(35(17-19-38-20-18-35)23-27-12-13-30(42)31(21-27)45-3)47-34(44)37-16-5-4-10-28(37)24-36(33(43)39-37)14-6-7-15-36/h12-13,21,25,28-29,32,38,40,42H,4-11,14-20,22-24H2,1-3H3,(H,39,43). The van der Waals surface area contributed by atoms with Crippen molar-refractivity contribution in [2.75, 3.05) is 20.2 Å². The molecule has 0 aromatic heterocycles. The summed E-state index contributed by atoms with van der Waals surface area (Å²) in [5.41, 5.74) is -0.981. The lowest BCUT2D eigenvalue weighted by Crippen LogP contribution is -2.68. The van der Waals surface area contributed by atoms with Gasteiger partial charge in [0.1, 0.15) is 17.7 Å². The molecular formula is C37H56N2O8. The van der Waals surface area contributed by atoms with Gasteiger partial charge in [-0.25, -0.2) is 4.79 Å². The predicted octanol–water partition coefficient (Wildman–Crippen LogP) is 5.11. The van der Waals surface area contributed by atoms with Gasteiger partial charge in [-0.15, -0.1) is 0 Å². The van der Waals surface area contributed by atoms with E-state index < -0.39 is 35.2 Å². The zero-order valence-corrected chi connectivity index (χ0v) is 28.6. The van der Waals surface area contributed by atoms with Crippen LogP contribution in [0.15, 0.2) is 18.2 Å². The van der Waals surface area contributed by atoms with E-state index in [0.717, 1.165) is 82.9 Å². The molecule has 2 aliphatic heterocycles. The number of carbonyl (C=O) groups excluding carboxylic acids is 3. The Morgan fingerprint density at radius 1 is 1.02 bits per heavy atom. The third-order valence-corrected chi connectivity index (χ3v) is 11.7. The second-order valence-corrected chi connectivity index (χ2v) is 15.0. The quantitative estimate of drug-likeness (QED) is 0.213. The van der Waals surface area contributed by atoms with Gasteiger partial charge in [-0.2, -0.15) is 0 Å². The van der Waals surface area contributed by atoms with Crippen molar-refractivity contribution in [3.05, 3.63) is 23.8 Å². The molecule has 2 aliphatic carbocycles. The van der Waals surface area contributed by atoms with Crippen LogP contribution in [0.3, 0.4) is 0 Å². The minimum atomic E-state index is -1.06. The maximum Gasteiger partial charge on any atom is 0.332 e. The van der Waals surface area contributed by atoms with E-state index in [1.165, 1.54) is 14.0 Å². The SMILES string of the molecule is COc1cc(CC2(C(CC(CCCC(C)O)OC(C)=O)OC(=O)C34CCCCC3CC3(CCCC3)C(=O)N4)CCNCC2)ccc1O. The Bertz CT molecular complexity index is 1250. The van der Waals surface area contributed by atoms with E-state index in [1.54, 1.807) is 13.0 Å². The number of amides is 1. The number of methoxy groups -OCH3 is 1. The number of rotatable bonds is 13. The van der Waals surface area contributed by atoms with Crippen LogP contribution in [0.1, 0.15) is 116 Å². The molecule has 10 nitrogen and oxygen atoms in total. The smallest absolute Gasteiger partial charge is 0.332 e. The third kappa shape index (κ3) is 7.90. The molecule has 0 bridgehead atoms. The topological polar surface area (TPSA) is 143 Å². The predicted molar refractivity (Wildman–Crippen MR) is 177 cm³/mol. The number of ether oxygens (including phenoxy) is 3. The molecule has 0 radical (unpaired) electrons. The molecule has 5 rings (SSSR count). The van der Waals surface area contributed by atoms with Gasteiger partial charge in [-0.1, -0.05) is 31.7 Å². The normalized spacial score (nSPS) is 26.8. The van der Waals surface area contributed by atoms with Crippen molar-refractivity contribution >= 4 is 17.8 Å². The number of aliphatic hydroxyl groups is 1. The Labute approximate surface area is 279 Å². The minimum absolute atomic E-state index is 0.00494. The summed E-state index contributed by atoms with van der Waals surface area (Å²) in [5.74, 6) is -0.286. The molecule has 1 aromatic carbocycles. The zero-order valence-electron chi connectivity index (χ0n) is 28.6. The Morgan fingerprint density at radius 2 is 1.74 bits per heavy atom. The Morgan fingerprint density at radius 3 is 2.43 bits per heavy atom. The highest BCUT2D eigenvalue weighted by Gasteiger charge is 2.60. The molecule has 4 aliphatic rings. The molecule has 1 spiro atoms. The van der Waals surface area contributed by atoms with E-state index in [1.807, 2.05) is 12.1 Å². The number of phenols is 1. The number of fused-ring (bicyclic) bond motifs is 1. The summed E-state index contributed by atoms with van der Waals surface area (Å²) < 4.78 is 18.1. The number of hydrogen-bond donors (Lipinski definition) is 4. The van der Waals surface area contributed by atoms with Crippen molar-refractivity contribution in [3.63, 3.8) is 0 Å². The summed E-state index contributed by atoms with van der Waals surface area (Å²) in [6.45, 7) is 4.61. The van der Waals surface area contributed by atoms with Crippen LogP contribution in [-0.4, -0.2) is 72.1 Å². The van der Waals surface area contributed by atoms with Crippen LogP contribution in [0.25, 0.3) is 0 Å². The number of benzene rings is 1. The lowest BCUT2D eigenvalue weighted by molar-refractivity contribution is -0.181. The molecule has 5 atom stereocenters. The van der Waals surface area contributed by atoms with Crippen LogP contribution >= 0.6 is 0 Å². The van der Waals surface area contributed by atoms with Crippen LogP contribution in [0.2, 0.25) is 0 Å². The third-order valence-electron chi connectivity index (χ3n) is 11.7. The summed E-state index contributed by atoms with van der Waals surface area (Å²) >= 11 is 0. The summed E-state index contributed by atoms with van der Waals surface area (Å²) in [6, 6.07) is 5.34. The first kappa shape index (κ1) is 35.5. The molecule has 47 heavy (non-hydrogen) atoms. The highest BCUT2D eigenvalue weighted by Crippen LogP contribution is 2.53. The highest BCUT2D eigenvalue weighted by atomic mass is 16.6. The van der Waals surface area contributed by atoms with E-state index in [9.17, 15) is 24.6 Å². The average Bonchev–Trinajstić information content (AvgIpc) is 3.51. The van der Waals surface area contributed by atoms with Crippen LogP contribution < -0.4 is 15.4 Å². The fourth-order valence-corrected chi connectivity index (χ4v) is 9.16. The van der Waals surface area contributed by atoms with Gasteiger partial charge < -0.3 is 35.1 Å². The van der Waals surface area contributed by atoms with E-state index in [-0.39, 0.29) is 29.0 Å². The molecule has 1 amide bonds. The molecule has 4 N–H and O–H groups in total. The largest absolute Gasteiger partial charge is 0.504 e. The van der Waals surface area contributed by atoms with E-state index in [0.29, 0.717) is 44.3 Å². The molecular weight excluding hydrogens is 600 g/mol. The van der Waals surface area contributed by atoms with Crippen LogP contribution in [0, 0.1) is 16.7 Å². The average molecular weight is 657 g/mol. The van der Waals surface area contributed by atoms with Gasteiger partial charge in [0.25, 0.3) is 0 Å². The van der Waals surface area contributed by atoms with Gasteiger partial charge >= 0.3 is 11.9 Å². The molecule has 2 saturated carbocycles. The highest BCUT2D eigenvalue weighted by molar-refractivity contribution is 5.93. The van der Waals surface area contributed by atoms with Gasteiger partial charge in [0.05, 0.1) is 13.2 Å². The molecule has 5 unspecified atom stereocenters. The Balaban J connectivity index is 1.49. The van der Waals surface area contributed by atoms with Crippen molar-refractivity contribution in [2.45, 2.75) is 140 Å². The zero-order chi connectivity index (χ0) is 33.7. The second kappa shape index (κ2) is 15.1. The van der Waals surface area contributed by atoms with Crippen LogP contribution in [-0.2, 0) is 30.3 Å².